The van der Waals surface area contributed by atoms with Crippen molar-refractivity contribution >= 4 is 34.7 Å². The number of nitro groups is 1. The maximum atomic E-state index is 12.9. The van der Waals surface area contributed by atoms with Crippen molar-refractivity contribution in [1.82, 2.24) is 9.88 Å². The maximum Gasteiger partial charge on any atom is 0.417 e. The summed E-state index contributed by atoms with van der Waals surface area (Å²) >= 11 is 6.06. The highest BCUT2D eigenvalue weighted by Crippen LogP contribution is 2.34. The molecule has 0 aliphatic carbocycles. The van der Waals surface area contributed by atoms with Gasteiger partial charge in [-0.25, -0.2) is 4.98 Å². The van der Waals surface area contributed by atoms with Crippen LogP contribution in [0.2, 0.25) is 5.02 Å². The van der Waals surface area contributed by atoms with Crippen LogP contribution in [0, 0.1) is 24.0 Å². The third-order valence-corrected chi connectivity index (χ3v) is 5.77. The number of pyridine rings is 1. The third-order valence-electron chi connectivity index (χ3n) is 5.49. The number of amides is 1. The zero-order valence-electron chi connectivity index (χ0n) is 18.1. The van der Waals surface area contributed by atoms with E-state index < -0.39 is 16.7 Å². The molecule has 0 spiro atoms. The summed E-state index contributed by atoms with van der Waals surface area (Å²) in [6.07, 6.45) is -3.13. The van der Waals surface area contributed by atoms with E-state index in [0.29, 0.717) is 32.6 Å². The van der Waals surface area contributed by atoms with Crippen LogP contribution in [0.3, 0.4) is 0 Å². The SMILES string of the molecule is Cc1cc(NC(=O)CN2CCCN(c3ncc(C(F)(F)F)cc3Cl)CC2)c([N+](=O)[O-])cc1C. The Balaban J connectivity index is 1.64. The van der Waals surface area contributed by atoms with Gasteiger partial charge in [-0.1, -0.05) is 11.6 Å². The van der Waals surface area contributed by atoms with E-state index in [9.17, 15) is 28.1 Å². The Morgan fingerprint density at radius 1 is 1.18 bits per heavy atom. The molecule has 178 valence electrons. The number of benzene rings is 1. The summed E-state index contributed by atoms with van der Waals surface area (Å²) < 4.78 is 38.6. The largest absolute Gasteiger partial charge is 0.417 e. The van der Waals surface area contributed by atoms with Gasteiger partial charge in [0.2, 0.25) is 5.91 Å². The molecule has 1 amide bonds. The molecule has 1 aromatic heterocycles. The number of nitrogens with zero attached hydrogens (tertiary/aromatic N) is 4. The van der Waals surface area contributed by atoms with Crippen LogP contribution in [0.1, 0.15) is 23.1 Å². The first-order chi connectivity index (χ1) is 15.5. The maximum absolute atomic E-state index is 12.9. The number of rotatable bonds is 5. The van der Waals surface area contributed by atoms with Crippen molar-refractivity contribution < 1.29 is 22.9 Å². The molecule has 0 unspecified atom stereocenters. The summed E-state index contributed by atoms with van der Waals surface area (Å²) in [5, 5.41) is 13.9. The van der Waals surface area contributed by atoms with Crippen LogP contribution >= 0.6 is 11.6 Å². The van der Waals surface area contributed by atoms with Gasteiger partial charge < -0.3 is 10.2 Å². The fourth-order valence-corrected chi connectivity index (χ4v) is 3.89. The zero-order valence-corrected chi connectivity index (χ0v) is 18.8. The highest BCUT2D eigenvalue weighted by molar-refractivity contribution is 6.33. The van der Waals surface area contributed by atoms with Crippen LogP contribution in [0.15, 0.2) is 24.4 Å². The lowest BCUT2D eigenvalue weighted by Gasteiger charge is -2.23. The van der Waals surface area contributed by atoms with Crippen molar-refractivity contribution in [2.75, 3.05) is 42.9 Å². The van der Waals surface area contributed by atoms with E-state index in [1.807, 2.05) is 4.90 Å². The van der Waals surface area contributed by atoms with Crippen LogP contribution in [0.25, 0.3) is 0 Å². The number of aromatic nitrogens is 1. The van der Waals surface area contributed by atoms with Crippen molar-refractivity contribution in [3.05, 3.63) is 56.2 Å². The number of anilines is 2. The van der Waals surface area contributed by atoms with Gasteiger partial charge in [-0.15, -0.1) is 0 Å². The third kappa shape index (κ3) is 6.11. The lowest BCUT2D eigenvalue weighted by molar-refractivity contribution is -0.384. The van der Waals surface area contributed by atoms with E-state index in [-0.39, 0.29) is 34.7 Å². The van der Waals surface area contributed by atoms with Crippen LogP contribution in [0.5, 0.6) is 0 Å². The van der Waals surface area contributed by atoms with Gasteiger partial charge >= 0.3 is 6.18 Å². The molecule has 0 bridgehead atoms. The van der Waals surface area contributed by atoms with Gasteiger partial charge in [0, 0.05) is 38.4 Å². The minimum Gasteiger partial charge on any atom is -0.354 e. The van der Waals surface area contributed by atoms with Crippen LogP contribution < -0.4 is 10.2 Å². The fraction of sp³-hybridized carbons (Fsp3) is 0.429. The number of carbonyl (C=O) groups excluding carboxylic acids is 1. The summed E-state index contributed by atoms with van der Waals surface area (Å²) in [4.78, 5) is 30.9. The van der Waals surface area contributed by atoms with Crippen LogP contribution in [-0.2, 0) is 11.0 Å². The molecule has 1 aliphatic rings. The number of carbonyl (C=O) groups is 1. The van der Waals surface area contributed by atoms with Gasteiger partial charge in [0.15, 0.2) is 0 Å². The number of aryl methyl sites for hydroxylation is 2. The normalized spacial score (nSPS) is 15.3. The Kier molecular flexibility index (Phi) is 7.43. The molecule has 1 fully saturated rings. The molecule has 0 atom stereocenters. The van der Waals surface area contributed by atoms with Crippen LogP contribution in [-0.4, -0.2) is 53.4 Å². The fourth-order valence-electron chi connectivity index (χ4n) is 3.60. The molecule has 2 aromatic rings. The van der Waals surface area contributed by atoms with Crippen molar-refractivity contribution in [1.29, 1.82) is 0 Å². The molecule has 8 nitrogen and oxygen atoms in total. The molecule has 12 heteroatoms. The second-order valence-corrected chi connectivity index (χ2v) is 8.31. The molecule has 33 heavy (non-hydrogen) atoms. The van der Waals surface area contributed by atoms with Crippen LogP contribution in [0.4, 0.5) is 30.4 Å². The lowest BCUT2D eigenvalue weighted by Crippen LogP contribution is -2.36. The van der Waals surface area contributed by atoms with E-state index in [1.54, 1.807) is 24.8 Å². The average molecular weight is 486 g/mol. The molecular weight excluding hydrogens is 463 g/mol. The number of alkyl halides is 3. The highest BCUT2D eigenvalue weighted by atomic mass is 35.5. The molecule has 0 saturated carbocycles. The first kappa shape index (κ1) is 24.7. The van der Waals surface area contributed by atoms with E-state index in [1.165, 1.54) is 6.07 Å². The monoisotopic (exact) mass is 485 g/mol. The first-order valence-electron chi connectivity index (χ1n) is 10.2. The second kappa shape index (κ2) is 9.92. The van der Waals surface area contributed by atoms with Crippen molar-refractivity contribution in [2.24, 2.45) is 0 Å². The minimum absolute atomic E-state index is 0.0199. The number of nitro benzene ring substituents is 1. The molecule has 0 radical (unpaired) electrons. The van der Waals surface area contributed by atoms with E-state index >= 15 is 0 Å². The predicted molar refractivity (Wildman–Crippen MR) is 119 cm³/mol. The number of hydrogen-bond donors (Lipinski definition) is 1. The highest BCUT2D eigenvalue weighted by Gasteiger charge is 2.32. The minimum atomic E-state index is -4.52. The summed E-state index contributed by atoms with van der Waals surface area (Å²) in [5.41, 5.74) is 0.636. The zero-order chi connectivity index (χ0) is 24.3. The quantitative estimate of drug-likeness (QED) is 0.497. The number of hydrogen-bond acceptors (Lipinski definition) is 6. The Hall–Kier alpha value is -2.92. The summed E-state index contributed by atoms with van der Waals surface area (Å²) in [6, 6.07) is 3.86. The number of nitrogens with one attached hydrogen (secondary N) is 1. The van der Waals surface area contributed by atoms with E-state index in [2.05, 4.69) is 10.3 Å². The molecule has 1 aromatic carbocycles. The van der Waals surface area contributed by atoms with Crippen molar-refractivity contribution in [2.45, 2.75) is 26.4 Å². The van der Waals surface area contributed by atoms with Gasteiger partial charge in [0.05, 0.1) is 22.1 Å². The second-order valence-electron chi connectivity index (χ2n) is 7.90. The summed E-state index contributed by atoms with van der Waals surface area (Å²) in [7, 11) is 0. The topological polar surface area (TPSA) is 91.6 Å². The molecule has 2 heterocycles. The number of halogens is 4. The molecule has 3 rings (SSSR count). The van der Waals surface area contributed by atoms with Gasteiger partial charge in [0.1, 0.15) is 11.5 Å². The molecule has 1 aliphatic heterocycles. The Morgan fingerprint density at radius 2 is 1.88 bits per heavy atom. The standard InChI is InChI=1S/C21H23ClF3N5O3/c1-13-8-17(18(30(32)33)9-14(13)2)27-19(31)12-28-4-3-5-29(7-6-28)20-16(22)10-15(11-26-20)21(23,24)25/h8-11H,3-7,12H2,1-2H3,(H,27,31). The van der Waals surface area contributed by atoms with Gasteiger partial charge in [-0.3, -0.25) is 19.8 Å². The van der Waals surface area contributed by atoms with E-state index in [4.69, 9.17) is 11.6 Å². The molecule has 1 saturated heterocycles. The average Bonchev–Trinajstić information content (AvgIpc) is 2.95. The van der Waals surface area contributed by atoms with Gasteiger partial charge in [-0.2, -0.15) is 13.2 Å². The van der Waals surface area contributed by atoms with Crippen molar-refractivity contribution in [3.63, 3.8) is 0 Å². The van der Waals surface area contributed by atoms with Crippen molar-refractivity contribution in [3.8, 4) is 0 Å². The Bertz CT molecular complexity index is 1060. The molecule has 1 N–H and O–H groups in total. The molecular formula is C21H23ClF3N5O3. The van der Waals surface area contributed by atoms with Gasteiger partial charge in [-0.05, 0) is 43.5 Å². The smallest absolute Gasteiger partial charge is 0.354 e. The Morgan fingerprint density at radius 3 is 2.52 bits per heavy atom. The summed E-state index contributed by atoms with van der Waals surface area (Å²) in [5.74, 6) is -0.123. The Labute approximate surface area is 193 Å². The first-order valence-corrected chi connectivity index (χ1v) is 10.6. The van der Waals surface area contributed by atoms with Gasteiger partial charge in [0.25, 0.3) is 5.69 Å². The summed E-state index contributed by atoms with van der Waals surface area (Å²) in [6.45, 7) is 5.52. The lowest BCUT2D eigenvalue weighted by atomic mass is 10.1. The van der Waals surface area contributed by atoms with E-state index in [0.717, 1.165) is 23.4 Å². The predicted octanol–water partition coefficient (Wildman–Crippen LogP) is 4.43.